The maximum atomic E-state index is 12.2. The zero-order valence-corrected chi connectivity index (χ0v) is 16.0. The molecule has 0 aromatic heterocycles. The molecule has 2 amide bonds. The lowest BCUT2D eigenvalue weighted by Gasteiger charge is -2.14. The van der Waals surface area contributed by atoms with Gasteiger partial charge in [0, 0.05) is 18.8 Å². The predicted octanol–water partition coefficient (Wildman–Crippen LogP) is 2.59. The lowest BCUT2D eigenvalue weighted by Crippen LogP contribution is -2.30. The molecule has 0 unspecified atom stereocenters. The van der Waals surface area contributed by atoms with Crippen LogP contribution >= 0.6 is 24.0 Å². The molecule has 8 heteroatoms. The molecular weight excluding hydrogens is 365 g/mol. The van der Waals surface area contributed by atoms with E-state index in [2.05, 4.69) is 10.6 Å². The molecule has 0 radical (unpaired) electrons. The fourth-order valence-electron chi connectivity index (χ4n) is 2.46. The number of amides is 2. The molecule has 1 aliphatic rings. The van der Waals surface area contributed by atoms with Crippen molar-refractivity contribution < 1.29 is 14.3 Å². The predicted molar refractivity (Wildman–Crippen MR) is 101 cm³/mol. The minimum atomic E-state index is -0.494. The van der Waals surface area contributed by atoms with Crippen LogP contribution in [0.5, 0.6) is 0 Å². The molecule has 140 valence electrons. The summed E-state index contributed by atoms with van der Waals surface area (Å²) in [5.74, 6) is -0.0921. The number of carbonyl (C=O) groups is 2. The zero-order chi connectivity index (χ0) is 17.7. The molecule has 0 bridgehead atoms. The van der Waals surface area contributed by atoms with Gasteiger partial charge in [-0.25, -0.2) is 0 Å². The van der Waals surface area contributed by atoms with Gasteiger partial charge in [-0.2, -0.15) is 0 Å². The van der Waals surface area contributed by atoms with Crippen LogP contribution in [0.3, 0.4) is 0 Å². The van der Waals surface area contributed by atoms with E-state index in [1.165, 1.54) is 0 Å². The Bertz CT molecular complexity index is 611. The van der Waals surface area contributed by atoms with Gasteiger partial charge in [0.25, 0.3) is 11.8 Å². The van der Waals surface area contributed by atoms with Crippen LogP contribution in [-0.2, 0) is 9.53 Å². The summed E-state index contributed by atoms with van der Waals surface area (Å²) in [5, 5.41) is 5.87. The topological polar surface area (TPSA) is 93.5 Å². The number of anilines is 1. The van der Waals surface area contributed by atoms with Crippen LogP contribution in [0.2, 0.25) is 5.02 Å². The van der Waals surface area contributed by atoms with Crippen molar-refractivity contribution in [3.63, 3.8) is 0 Å². The van der Waals surface area contributed by atoms with Crippen LogP contribution in [-0.4, -0.2) is 37.1 Å². The molecular formula is C17H25Cl2N3O3. The van der Waals surface area contributed by atoms with Crippen LogP contribution in [0.25, 0.3) is 0 Å². The van der Waals surface area contributed by atoms with Gasteiger partial charge in [-0.15, -0.1) is 12.4 Å². The quantitative estimate of drug-likeness (QED) is 0.696. The first-order valence-electron chi connectivity index (χ1n) is 8.14. The highest BCUT2D eigenvalue weighted by Crippen LogP contribution is 2.23. The monoisotopic (exact) mass is 389 g/mol. The van der Waals surface area contributed by atoms with Gasteiger partial charge in [0.15, 0.2) is 0 Å². The van der Waals surface area contributed by atoms with Crippen molar-refractivity contribution in [1.82, 2.24) is 5.32 Å². The number of nitrogens with one attached hydrogen (secondary N) is 2. The number of nitrogens with two attached hydrogens (primary N) is 1. The molecule has 0 saturated carbocycles. The van der Waals surface area contributed by atoms with Gasteiger partial charge in [-0.3, -0.25) is 9.59 Å². The third kappa shape index (κ3) is 6.15. The highest BCUT2D eigenvalue weighted by molar-refractivity contribution is 6.34. The number of rotatable bonds is 6. The van der Waals surface area contributed by atoms with Crippen molar-refractivity contribution in [2.75, 3.05) is 18.4 Å². The van der Waals surface area contributed by atoms with Crippen molar-refractivity contribution >= 4 is 41.5 Å². The van der Waals surface area contributed by atoms with Gasteiger partial charge in [-0.05, 0) is 37.0 Å². The fourth-order valence-corrected chi connectivity index (χ4v) is 2.73. The summed E-state index contributed by atoms with van der Waals surface area (Å²) in [6.07, 6.45) is 0.879. The molecule has 1 saturated heterocycles. The fraction of sp³-hybridized carbons (Fsp3) is 0.529. The van der Waals surface area contributed by atoms with E-state index in [1.54, 1.807) is 18.2 Å². The third-order valence-corrected chi connectivity index (χ3v) is 4.13. The van der Waals surface area contributed by atoms with E-state index in [9.17, 15) is 9.59 Å². The largest absolute Gasteiger partial charge is 0.364 e. The average molecular weight is 390 g/mol. The summed E-state index contributed by atoms with van der Waals surface area (Å²) < 4.78 is 5.56. The van der Waals surface area contributed by atoms with E-state index in [0.29, 0.717) is 41.7 Å². The van der Waals surface area contributed by atoms with Gasteiger partial charge < -0.3 is 21.1 Å². The normalized spacial score (nSPS) is 19.4. The average Bonchev–Trinajstić information content (AvgIpc) is 3.02. The second-order valence-electron chi connectivity index (χ2n) is 6.35. The lowest BCUT2D eigenvalue weighted by atomic mass is 10.1. The Labute approximate surface area is 159 Å². The Hall–Kier alpha value is -1.34. The van der Waals surface area contributed by atoms with Crippen LogP contribution in [0.15, 0.2) is 18.2 Å². The van der Waals surface area contributed by atoms with Gasteiger partial charge in [-0.1, -0.05) is 25.4 Å². The van der Waals surface area contributed by atoms with Gasteiger partial charge >= 0.3 is 0 Å². The van der Waals surface area contributed by atoms with Crippen molar-refractivity contribution in [3.8, 4) is 0 Å². The van der Waals surface area contributed by atoms with Crippen LogP contribution in [0.4, 0.5) is 5.69 Å². The van der Waals surface area contributed by atoms with E-state index in [1.807, 2.05) is 13.8 Å². The summed E-state index contributed by atoms with van der Waals surface area (Å²) in [7, 11) is 0. The molecule has 2 atom stereocenters. The molecule has 1 aromatic rings. The zero-order valence-electron chi connectivity index (χ0n) is 14.4. The van der Waals surface area contributed by atoms with Crippen LogP contribution in [0.1, 0.15) is 37.0 Å². The summed E-state index contributed by atoms with van der Waals surface area (Å²) in [6.45, 7) is 5.02. The molecule has 1 aliphatic heterocycles. The highest BCUT2D eigenvalue weighted by Gasteiger charge is 2.29. The summed E-state index contributed by atoms with van der Waals surface area (Å²) in [6, 6.07) is 4.83. The third-order valence-electron chi connectivity index (χ3n) is 3.81. The Morgan fingerprint density at radius 3 is 2.64 bits per heavy atom. The summed E-state index contributed by atoms with van der Waals surface area (Å²) >= 11 is 6.17. The maximum absolute atomic E-state index is 12.2. The first-order chi connectivity index (χ1) is 11.4. The maximum Gasteiger partial charge on any atom is 0.253 e. The number of hydrogen-bond acceptors (Lipinski definition) is 4. The second-order valence-corrected chi connectivity index (χ2v) is 6.75. The van der Waals surface area contributed by atoms with E-state index in [4.69, 9.17) is 22.1 Å². The molecule has 6 nitrogen and oxygen atoms in total. The molecule has 0 spiro atoms. The van der Waals surface area contributed by atoms with Crippen LogP contribution < -0.4 is 16.4 Å². The second kappa shape index (κ2) is 9.97. The Balaban J connectivity index is 0.00000312. The van der Waals surface area contributed by atoms with E-state index in [-0.39, 0.29) is 30.3 Å². The molecule has 2 rings (SSSR count). The number of halogens is 2. The molecule has 1 fully saturated rings. The number of benzene rings is 1. The van der Waals surface area contributed by atoms with E-state index >= 15 is 0 Å². The minimum Gasteiger partial charge on any atom is -0.364 e. The van der Waals surface area contributed by atoms with E-state index in [0.717, 1.165) is 6.42 Å². The summed E-state index contributed by atoms with van der Waals surface area (Å²) in [4.78, 5) is 24.3. The Morgan fingerprint density at radius 2 is 2.08 bits per heavy atom. The summed E-state index contributed by atoms with van der Waals surface area (Å²) in [5.41, 5.74) is 6.46. The number of ether oxygens (including phenoxy) is 1. The lowest BCUT2D eigenvalue weighted by molar-refractivity contribution is -0.126. The highest BCUT2D eigenvalue weighted by atomic mass is 35.5. The Kier molecular flexibility index (Phi) is 8.65. The van der Waals surface area contributed by atoms with Gasteiger partial charge in [0.05, 0.1) is 16.7 Å². The minimum absolute atomic E-state index is 0. The van der Waals surface area contributed by atoms with Crippen molar-refractivity contribution in [2.45, 2.75) is 38.9 Å². The van der Waals surface area contributed by atoms with Crippen LogP contribution in [0, 0.1) is 5.92 Å². The van der Waals surface area contributed by atoms with Crippen molar-refractivity contribution in [1.29, 1.82) is 0 Å². The first-order valence-corrected chi connectivity index (χ1v) is 8.52. The van der Waals surface area contributed by atoms with Gasteiger partial charge in [0.1, 0.15) is 6.10 Å². The number of hydrogen-bond donors (Lipinski definition) is 3. The smallest absolute Gasteiger partial charge is 0.253 e. The van der Waals surface area contributed by atoms with Crippen molar-refractivity contribution in [3.05, 3.63) is 28.8 Å². The van der Waals surface area contributed by atoms with E-state index < -0.39 is 6.10 Å². The Morgan fingerprint density at radius 1 is 1.36 bits per heavy atom. The molecule has 1 aromatic carbocycles. The van der Waals surface area contributed by atoms with Crippen molar-refractivity contribution in [2.24, 2.45) is 11.7 Å². The number of carbonyl (C=O) groups excluding carboxylic acids is 2. The SMILES string of the molecule is CC(C)CNC(=O)c1ccc(NC(=O)[C@@H]2CC[C@H](CN)O2)cc1Cl.Cl. The van der Waals surface area contributed by atoms with Gasteiger partial charge in [0.2, 0.25) is 0 Å². The molecule has 1 heterocycles. The molecule has 0 aliphatic carbocycles. The molecule has 4 N–H and O–H groups in total. The first kappa shape index (κ1) is 21.7. The standard InChI is InChI=1S/C17H24ClN3O3.ClH/c1-10(2)9-20-16(22)13-5-3-11(7-14(13)18)21-17(23)15-6-4-12(8-19)24-15;/h3,5,7,10,12,15H,4,6,8-9,19H2,1-2H3,(H,20,22)(H,21,23);1H/t12-,15+;/m1./s1. The molecule has 25 heavy (non-hydrogen) atoms.